The molecule has 2 rings (SSSR count). The normalized spacial score (nSPS) is 28.9. The van der Waals surface area contributed by atoms with Crippen LogP contribution in [0.2, 0.25) is 0 Å². The first-order valence-electron chi connectivity index (χ1n) is 5.02. The number of rotatable bonds is 3. The molecule has 0 saturated heterocycles. The van der Waals surface area contributed by atoms with Crippen LogP contribution in [0, 0.1) is 11.7 Å². The van der Waals surface area contributed by atoms with Crippen molar-refractivity contribution in [3.63, 3.8) is 0 Å². The lowest BCUT2D eigenvalue weighted by Crippen LogP contribution is -2.06. The lowest BCUT2D eigenvalue weighted by atomic mass is 9.96. The number of hydrogen-bond acceptors (Lipinski definition) is 1. The van der Waals surface area contributed by atoms with Gasteiger partial charge in [-0.15, -0.1) is 0 Å². The molecule has 0 heterocycles. The molecule has 1 nitrogen and oxygen atoms in total. The summed E-state index contributed by atoms with van der Waals surface area (Å²) in [6.45, 7) is 2.18. The van der Waals surface area contributed by atoms with E-state index in [-0.39, 0.29) is 11.2 Å². The van der Waals surface area contributed by atoms with Crippen LogP contribution < -0.4 is 4.74 Å². The third-order valence-corrected chi connectivity index (χ3v) is 4.19. The van der Waals surface area contributed by atoms with Crippen molar-refractivity contribution in [1.82, 2.24) is 0 Å². The lowest BCUT2D eigenvalue weighted by Gasteiger charge is -2.12. The van der Waals surface area contributed by atoms with Gasteiger partial charge < -0.3 is 4.74 Å². The fraction of sp³-hybridized carbons (Fsp3) is 0.500. The Hall–Kier alpha value is -0.570. The molecule has 1 aromatic rings. The molecule has 1 fully saturated rings. The molecule has 82 valence electrons. The Labute approximate surface area is 97.8 Å². The first kappa shape index (κ1) is 10.9. The number of ether oxygens (including phenoxy) is 1. The number of alkyl halides is 1. The second-order valence-electron chi connectivity index (χ2n) is 4.32. The highest BCUT2D eigenvalue weighted by molar-refractivity contribution is 9.09. The molecule has 15 heavy (non-hydrogen) atoms. The van der Waals surface area contributed by atoms with Crippen molar-refractivity contribution in [2.75, 3.05) is 12.4 Å². The molecule has 0 aliphatic heterocycles. The highest BCUT2D eigenvalue weighted by Crippen LogP contribution is 2.54. The lowest BCUT2D eigenvalue weighted by molar-refractivity contribution is 0.385. The van der Waals surface area contributed by atoms with Crippen molar-refractivity contribution in [3.8, 4) is 5.75 Å². The summed E-state index contributed by atoms with van der Waals surface area (Å²) in [6, 6.07) is 5.27. The van der Waals surface area contributed by atoms with E-state index in [9.17, 15) is 4.39 Å². The summed E-state index contributed by atoms with van der Waals surface area (Å²) >= 11 is 3.48. The Morgan fingerprint density at radius 2 is 2.33 bits per heavy atom. The zero-order chi connectivity index (χ0) is 11.1. The predicted octanol–water partition coefficient (Wildman–Crippen LogP) is 3.51. The second-order valence-corrected chi connectivity index (χ2v) is 4.97. The van der Waals surface area contributed by atoms with E-state index in [1.807, 2.05) is 6.07 Å². The molecule has 2 atom stereocenters. The zero-order valence-corrected chi connectivity index (χ0v) is 10.5. The molecule has 2 unspecified atom stereocenters. The fourth-order valence-electron chi connectivity index (χ4n) is 2.05. The standard InChI is InChI=1S/C12H14BrFO/c1-12(6-9(12)7-13)8-3-4-11(15-2)10(14)5-8/h3-5,9H,6-7H2,1-2H3. The first-order valence-corrected chi connectivity index (χ1v) is 6.14. The van der Waals surface area contributed by atoms with E-state index in [1.165, 1.54) is 7.11 Å². The quantitative estimate of drug-likeness (QED) is 0.766. The van der Waals surface area contributed by atoms with Crippen molar-refractivity contribution >= 4 is 15.9 Å². The topological polar surface area (TPSA) is 9.23 Å². The first-order chi connectivity index (χ1) is 7.11. The van der Waals surface area contributed by atoms with E-state index in [1.54, 1.807) is 12.1 Å². The highest BCUT2D eigenvalue weighted by Gasteiger charge is 2.50. The van der Waals surface area contributed by atoms with E-state index in [0.717, 1.165) is 17.3 Å². The van der Waals surface area contributed by atoms with Crippen molar-refractivity contribution < 1.29 is 9.13 Å². The molecule has 1 saturated carbocycles. The maximum absolute atomic E-state index is 13.5. The molecular weight excluding hydrogens is 259 g/mol. The third-order valence-electron chi connectivity index (χ3n) is 3.41. The Bertz CT molecular complexity index is 380. The average molecular weight is 273 g/mol. The van der Waals surface area contributed by atoms with Crippen molar-refractivity contribution in [2.45, 2.75) is 18.8 Å². The summed E-state index contributed by atoms with van der Waals surface area (Å²) in [7, 11) is 1.48. The van der Waals surface area contributed by atoms with Crippen LogP contribution in [-0.2, 0) is 5.41 Å². The number of methoxy groups -OCH3 is 1. The van der Waals surface area contributed by atoms with Gasteiger partial charge in [0, 0.05) is 5.33 Å². The number of benzene rings is 1. The van der Waals surface area contributed by atoms with Crippen molar-refractivity contribution in [2.24, 2.45) is 5.92 Å². The van der Waals surface area contributed by atoms with Gasteiger partial charge in [-0.3, -0.25) is 0 Å². The molecule has 0 radical (unpaired) electrons. The summed E-state index contributed by atoms with van der Waals surface area (Å²) in [5, 5.41) is 0.983. The van der Waals surface area contributed by atoms with E-state index in [2.05, 4.69) is 22.9 Å². The molecule has 0 N–H and O–H groups in total. The molecule has 1 aliphatic carbocycles. The SMILES string of the molecule is COc1ccc(C2(C)CC2CBr)cc1F. The van der Waals surface area contributed by atoms with Crippen LogP contribution in [0.4, 0.5) is 4.39 Å². The second kappa shape index (κ2) is 3.78. The van der Waals surface area contributed by atoms with Gasteiger partial charge in [0.1, 0.15) is 0 Å². The van der Waals surface area contributed by atoms with E-state index >= 15 is 0 Å². The summed E-state index contributed by atoms with van der Waals surface area (Å²) in [4.78, 5) is 0. The Morgan fingerprint density at radius 3 is 2.80 bits per heavy atom. The van der Waals surface area contributed by atoms with Gasteiger partial charge >= 0.3 is 0 Å². The molecular formula is C12H14BrFO. The minimum absolute atomic E-state index is 0.149. The molecule has 1 aliphatic rings. The smallest absolute Gasteiger partial charge is 0.165 e. The van der Waals surface area contributed by atoms with Crippen LogP contribution in [0.3, 0.4) is 0 Å². The molecule has 1 aromatic carbocycles. The monoisotopic (exact) mass is 272 g/mol. The molecule has 0 spiro atoms. The molecule has 0 amide bonds. The summed E-state index contributed by atoms with van der Waals surface area (Å²) in [5.41, 5.74) is 1.22. The van der Waals surface area contributed by atoms with Crippen LogP contribution in [-0.4, -0.2) is 12.4 Å². The van der Waals surface area contributed by atoms with Gasteiger partial charge in [0.15, 0.2) is 11.6 Å². The Kier molecular flexibility index (Phi) is 2.75. The Morgan fingerprint density at radius 1 is 1.60 bits per heavy atom. The molecule has 3 heteroatoms. The van der Waals surface area contributed by atoms with Crippen LogP contribution in [0.25, 0.3) is 0 Å². The Balaban J connectivity index is 2.28. The fourth-order valence-corrected chi connectivity index (χ4v) is 3.00. The summed E-state index contributed by atoms with van der Waals surface area (Å²) in [6.07, 6.45) is 1.13. The molecule has 0 aromatic heterocycles. The number of hydrogen-bond donors (Lipinski definition) is 0. The minimum Gasteiger partial charge on any atom is -0.494 e. The van der Waals surface area contributed by atoms with Gasteiger partial charge in [-0.25, -0.2) is 4.39 Å². The maximum atomic E-state index is 13.5. The van der Waals surface area contributed by atoms with E-state index < -0.39 is 0 Å². The minimum atomic E-state index is -0.267. The van der Waals surface area contributed by atoms with Crippen molar-refractivity contribution in [3.05, 3.63) is 29.6 Å². The average Bonchev–Trinajstić information content (AvgIpc) is 2.91. The number of halogens is 2. The van der Waals surface area contributed by atoms with Crippen LogP contribution in [0.5, 0.6) is 5.75 Å². The summed E-state index contributed by atoms with van der Waals surface area (Å²) in [5.74, 6) is 0.681. The van der Waals surface area contributed by atoms with Crippen LogP contribution in [0.1, 0.15) is 18.9 Å². The van der Waals surface area contributed by atoms with Crippen molar-refractivity contribution in [1.29, 1.82) is 0 Å². The van der Waals surface area contributed by atoms with E-state index in [0.29, 0.717) is 11.7 Å². The summed E-state index contributed by atoms with van der Waals surface area (Å²) < 4.78 is 18.4. The predicted molar refractivity (Wildman–Crippen MR) is 62.2 cm³/mol. The van der Waals surface area contributed by atoms with Gasteiger partial charge in [-0.05, 0) is 35.4 Å². The zero-order valence-electron chi connectivity index (χ0n) is 8.89. The van der Waals surface area contributed by atoms with Crippen LogP contribution >= 0.6 is 15.9 Å². The van der Waals surface area contributed by atoms with Gasteiger partial charge in [0.25, 0.3) is 0 Å². The van der Waals surface area contributed by atoms with Crippen LogP contribution in [0.15, 0.2) is 18.2 Å². The maximum Gasteiger partial charge on any atom is 0.165 e. The van der Waals surface area contributed by atoms with Gasteiger partial charge in [0.2, 0.25) is 0 Å². The molecule has 0 bridgehead atoms. The van der Waals surface area contributed by atoms with Gasteiger partial charge in [-0.2, -0.15) is 0 Å². The van der Waals surface area contributed by atoms with Gasteiger partial charge in [0.05, 0.1) is 7.11 Å². The highest BCUT2D eigenvalue weighted by atomic mass is 79.9. The third kappa shape index (κ3) is 1.78. The van der Waals surface area contributed by atoms with E-state index in [4.69, 9.17) is 4.74 Å². The largest absolute Gasteiger partial charge is 0.494 e. The van der Waals surface area contributed by atoms with Gasteiger partial charge in [-0.1, -0.05) is 28.9 Å².